The highest BCUT2D eigenvalue weighted by molar-refractivity contribution is 9.10. The first-order chi connectivity index (χ1) is 14.0. The minimum atomic E-state index is -0.412. The predicted octanol–water partition coefficient (Wildman–Crippen LogP) is 5.06. The Morgan fingerprint density at radius 1 is 1.10 bits per heavy atom. The standard InChI is InChI=1S/C23H25BrN4O/c1-17(18-5-11-21(12-6-18)28-16-25-15-26-28)27(2)22(29)23(13-3-4-14-23)19-7-9-20(24)10-8-19/h5-12,15-17H,3-4,13-14H2,1-2H3. The average Bonchev–Trinajstić information content (AvgIpc) is 3.46. The molecule has 6 heteroatoms. The molecule has 1 saturated carbocycles. The molecule has 0 aliphatic heterocycles. The van der Waals surface area contributed by atoms with E-state index in [1.807, 2.05) is 36.2 Å². The van der Waals surface area contributed by atoms with Crippen molar-refractivity contribution in [2.45, 2.75) is 44.1 Å². The Hall–Kier alpha value is -2.47. The minimum Gasteiger partial charge on any atom is -0.338 e. The number of hydrogen-bond donors (Lipinski definition) is 0. The first kappa shape index (κ1) is 19.8. The van der Waals surface area contributed by atoms with Crippen molar-refractivity contribution < 1.29 is 4.79 Å². The minimum absolute atomic E-state index is 0.0137. The van der Waals surface area contributed by atoms with Gasteiger partial charge in [-0.15, -0.1) is 0 Å². The lowest BCUT2D eigenvalue weighted by Crippen LogP contribution is -2.44. The van der Waals surface area contributed by atoms with Gasteiger partial charge in [0.2, 0.25) is 5.91 Å². The second-order valence-corrected chi connectivity index (χ2v) is 8.74. The molecule has 0 saturated heterocycles. The molecule has 1 unspecified atom stereocenters. The SMILES string of the molecule is CC(c1ccc(-n2cncn2)cc1)N(C)C(=O)C1(c2ccc(Br)cc2)CCCC1. The van der Waals surface area contributed by atoms with Crippen LogP contribution in [0.25, 0.3) is 5.69 Å². The van der Waals surface area contributed by atoms with E-state index in [-0.39, 0.29) is 11.9 Å². The maximum atomic E-state index is 13.7. The van der Waals surface area contributed by atoms with Gasteiger partial charge in [-0.1, -0.05) is 53.0 Å². The van der Waals surface area contributed by atoms with E-state index in [0.29, 0.717) is 0 Å². The molecule has 1 heterocycles. The number of rotatable bonds is 5. The summed E-state index contributed by atoms with van der Waals surface area (Å²) in [4.78, 5) is 19.6. The van der Waals surface area contributed by atoms with Gasteiger partial charge in [-0.3, -0.25) is 4.79 Å². The largest absolute Gasteiger partial charge is 0.338 e. The van der Waals surface area contributed by atoms with Gasteiger partial charge >= 0.3 is 0 Å². The van der Waals surface area contributed by atoms with E-state index in [9.17, 15) is 4.79 Å². The zero-order valence-corrected chi connectivity index (χ0v) is 18.3. The van der Waals surface area contributed by atoms with E-state index in [2.05, 4.69) is 57.2 Å². The molecular formula is C23H25BrN4O. The van der Waals surface area contributed by atoms with E-state index < -0.39 is 5.41 Å². The number of carbonyl (C=O) groups excluding carboxylic acids is 1. The molecule has 0 N–H and O–H groups in total. The van der Waals surface area contributed by atoms with Gasteiger partial charge in [0.15, 0.2) is 0 Å². The van der Waals surface area contributed by atoms with Gasteiger partial charge in [0.1, 0.15) is 12.7 Å². The Labute approximate surface area is 179 Å². The molecule has 1 fully saturated rings. The van der Waals surface area contributed by atoms with E-state index in [1.165, 1.54) is 6.33 Å². The van der Waals surface area contributed by atoms with E-state index >= 15 is 0 Å². The fourth-order valence-electron chi connectivity index (χ4n) is 4.36. The molecule has 0 bridgehead atoms. The second-order valence-electron chi connectivity index (χ2n) is 7.82. The number of aromatic nitrogens is 3. The topological polar surface area (TPSA) is 51.0 Å². The van der Waals surface area contributed by atoms with Crippen LogP contribution >= 0.6 is 15.9 Å². The lowest BCUT2D eigenvalue weighted by Gasteiger charge is -2.36. The Morgan fingerprint density at radius 3 is 2.34 bits per heavy atom. The second kappa shape index (κ2) is 8.11. The maximum absolute atomic E-state index is 13.7. The van der Waals surface area contributed by atoms with Crippen LogP contribution in [-0.2, 0) is 10.2 Å². The van der Waals surface area contributed by atoms with Crippen molar-refractivity contribution in [2.24, 2.45) is 0 Å². The quantitative estimate of drug-likeness (QED) is 0.543. The number of carbonyl (C=O) groups is 1. The number of benzene rings is 2. The maximum Gasteiger partial charge on any atom is 0.233 e. The lowest BCUT2D eigenvalue weighted by molar-refractivity contribution is -0.138. The summed E-state index contributed by atoms with van der Waals surface area (Å²) in [5, 5.41) is 4.16. The molecular weight excluding hydrogens is 428 g/mol. The highest BCUT2D eigenvalue weighted by Gasteiger charge is 2.45. The van der Waals surface area contributed by atoms with Gasteiger partial charge in [0.05, 0.1) is 17.1 Å². The average molecular weight is 453 g/mol. The summed E-state index contributed by atoms with van der Waals surface area (Å²) in [5.41, 5.74) is 2.77. The molecule has 1 aromatic heterocycles. The summed E-state index contributed by atoms with van der Waals surface area (Å²) < 4.78 is 2.76. The van der Waals surface area contributed by atoms with Crippen LogP contribution in [0.1, 0.15) is 49.8 Å². The molecule has 5 nitrogen and oxygen atoms in total. The van der Waals surface area contributed by atoms with Gasteiger partial charge in [0, 0.05) is 11.5 Å². The molecule has 4 rings (SSSR count). The van der Waals surface area contributed by atoms with Crippen LogP contribution in [0.4, 0.5) is 0 Å². The molecule has 1 aliphatic rings. The summed E-state index contributed by atoms with van der Waals surface area (Å²) in [7, 11) is 1.93. The van der Waals surface area contributed by atoms with Crippen molar-refractivity contribution in [3.8, 4) is 5.69 Å². The van der Waals surface area contributed by atoms with Crippen molar-refractivity contribution in [3.63, 3.8) is 0 Å². The van der Waals surface area contributed by atoms with Crippen LogP contribution < -0.4 is 0 Å². The van der Waals surface area contributed by atoms with Crippen LogP contribution in [0.15, 0.2) is 65.7 Å². The van der Waals surface area contributed by atoms with Gasteiger partial charge in [0.25, 0.3) is 0 Å². The first-order valence-electron chi connectivity index (χ1n) is 9.99. The summed E-state index contributed by atoms with van der Waals surface area (Å²) in [6.45, 7) is 2.09. The van der Waals surface area contributed by atoms with Crippen molar-refractivity contribution in [1.29, 1.82) is 0 Å². The van der Waals surface area contributed by atoms with Crippen molar-refractivity contribution in [3.05, 3.63) is 76.8 Å². The Balaban J connectivity index is 1.57. The molecule has 1 amide bonds. The van der Waals surface area contributed by atoms with Crippen LogP contribution in [0.2, 0.25) is 0 Å². The first-order valence-corrected chi connectivity index (χ1v) is 10.8. The van der Waals surface area contributed by atoms with Crippen molar-refractivity contribution in [2.75, 3.05) is 7.05 Å². The normalized spacial score (nSPS) is 16.5. The van der Waals surface area contributed by atoms with Crippen molar-refractivity contribution in [1.82, 2.24) is 19.7 Å². The number of hydrogen-bond acceptors (Lipinski definition) is 3. The Morgan fingerprint density at radius 2 is 1.76 bits per heavy atom. The Bertz CT molecular complexity index is 961. The number of nitrogens with zero attached hydrogens (tertiary/aromatic N) is 4. The molecule has 150 valence electrons. The zero-order chi connectivity index (χ0) is 20.4. The predicted molar refractivity (Wildman–Crippen MR) is 117 cm³/mol. The van der Waals surface area contributed by atoms with Gasteiger partial charge < -0.3 is 4.90 Å². The Kier molecular flexibility index (Phi) is 5.54. The molecule has 1 aliphatic carbocycles. The van der Waals surface area contributed by atoms with E-state index in [4.69, 9.17) is 0 Å². The van der Waals surface area contributed by atoms with Crippen molar-refractivity contribution >= 4 is 21.8 Å². The highest BCUT2D eigenvalue weighted by atomic mass is 79.9. The van der Waals surface area contributed by atoms with Crippen LogP contribution in [-0.4, -0.2) is 32.6 Å². The zero-order valence-electron chi connectivity index (χ0n) is 16.8. The lowest BCUT2D eigenvalue weighted by atomic mass is 9.77. The fourth-order valence-corrected chi connectivity index (χ4v) is 4.62. The molecule has 0 radical (unpaired) electrons. The monoisotopic (exact) mass is 452 g/mol. The third-order valence-corrected chi connectivity index (χ3v) is 6.75. The van der Waals surface area contributed by atoms with Gasteiger partial charge in [-0.2, -0.15) is 5.10 Å². The molecule has 29 heavy (non-hydrogen) atoms. The van der Waals surface area contributed by atoms with Gasteiger partial charge in [-0.25, -0.2) is 9.67 Å². The number of likely N-dealkylation sites (N-methyl/N-ethyl adjacent to an activating group) is 1. The van der Waals surface area contributed by atoms with E-state index in [0.717, 1.165) is 47.0 Å². The summed E-state index contributed by atoms with van der Waals surface area (Å²) in [6, 6.07) is 16.4. The fraction of sp³-hybridized carbons (Fsp3) is 0.348. The summed E-state index contributed by atoms with van der Waals surface area (Å²) >= 11 is 3.51. The van der Waals surface area contributed by atoms with Crippen LogP contribution in [0, 0.1) is 0 Å². The third-order valence-electron chi connectivity index (χ3n) is 6.22. The molecule has 2 aromatic carbocycles. The van der Waals surface area contributed by atoms with Crippen LogP contribution in [0.5, 0.6) is 0 Å². The van der Waals surface area contributed by atoms with Gasteiger partial charge in [-0.05, 0) is 55.2 Å². The molecule has 0 spiro atoms. The van der Waals surface area contributed by atoms with E-state index in [1.54, 1.807) is 11.0 Å². The molecule has 3 aromatic rings. The summed E-state index contributed by atoms with van der Waals surface area (Å²) in [6.07, 6.45) is 7.21. The smallest absolute Gasteiger partial charge is 0.233 e. The summed E-state index contributed by atoms with van der Waals surface area (Å²) in [5.74, 6) is 0.213. The van der Waals surface area contributed by atoms with Crippen LogP contribution in [0.3, 0.4) is 0 Å². The number of halogens is 1. The number of amides is 1. The highest BCUT2D eigenvalue weighted by Crippen LogP contribution is 2.43. The molecule has 1 atom stereocenters. The third kappa shape index (κ3) is 3.73.